The monoisotopic (exact) mass is 379 g/mol. The molecule has 25 heavy (non-hydrogen) atoms. The van der Waals surface area contributed by atoms with E-state index in [4.69, 9.17) is 5.11 Å². The van der Waals surface area contributed by atoms with Crippen LogP contribution in [-0.2, 0) is 11.2 Å². The van der Waals surface area contributed by atoms with Gasteiger partial charge in [0.25, 0.3) is 0 Å². The topological polar surface area (TPSA) is 82.5 Å². The van der Waals surface area contributed by atoms with Crippen molar-refractivity contribution in [2.75, 3.05) is 19.6 Å². The number of amides is 2. The molecule has 0 bridgehead atoms. The fourth-order valence-electron chi connectivity index (χ4n) is 2.78. The van der Waals surface area contributed by atoms with E-state index in [1.54, 1.807) is 11.3 Å². The summed E-state index contributed by atoms with van der Waals surface area (Å²) in [7, 11) is 0. The molecule has 140 valence electrons. The number of thiazole rings is 1. The fraction of sp³-hybridized carbons (Fsp3) is 0.667. The van der Waals surface area contributed by atoms with Crippen molar-refractivity contribution in [3.63, 3.8) is 0 Å². The van der Waals surface area contributed by atoms with Crippen LogP contribution in [0.5, 0.6) is 0 Å². The van der Waals surface area contributed by atoms with Gasteiger partial charge in [-0.3, -0.25) is 4.79 Å². The average molecular weight is 379 g/mol. The lowest BCUT2D eigenvalue weighted by Gasteiger charge is -2.18. The third-order valence-corrected chi connectivity index (χ3v) is 5.13. The van der Waals surface area contributed by atoms with Crippen molar-refractivity contribution in [3.8, 4) is 0 Å². The largest absolute Gasteiger partial charge is 0.481 e. The first kappa shape index (κ1) is 19.5. The first-order chi connectivity index (χ1) is 11.7. The van der Waals surface area contributed by atoms with Crippen molar-refractivity contribution in [1.29, 1.82) is 0 Å². The Hall–Kier alpha value is -1.84. The summed E-state index contributed by atoms with van der Waals surface area (Å²) >= 11 is 1.57. The fourth-order valence-corrected chi connectivity index (χ4v) is 3.60. The first-order valence-electron chi connectivity index (χ1n) is 7.91. The molecule has 0 spiro atoms. The summed E-state index contributed by atoms with van der Waals surface area (Å²) < 4.78 is 38.7. The lowest BCUT2D eigenvalue weighted by atomic mass is 9.96. The van der Waals surface area contributed by atoms with Crippen molar-refractivity contribution in [1.82, 2.24) is 15.2 Å². The average Bonchev–Trinajstić information content (AvgIpc) is 3.12. The minimum Gasteiger partial charge on any atom is -0.481 e. The predicted octanol–water partition coefficient (Wildman–Crippen LogP) is 2.68. The molecule has 1 fully saturated rings. The summed E-state index contributed by atoms with van der Waals surface area (Å²) in [4.78, 5) is 28.2. The molecule has 0 aromatic carbocycles. The standard InChI is InChI=1S/C15H20F3N3O3S/c1-9-8-25-12(20-9)4-2-3-5-19-14(24)21-6-10(13(22)23)11(7-21)15(16,17)18/h8,10-11H,2-7H2,1H3,(H,19,24)(H,22,23)/t10-,11-/m1/s1. The quantitative estimate of drug-likeness (QED) is 0.745. The van der Waals surface area contributed by atoms with Gasteiger partial charge < -0.3 is 15.3 Å². The van der Waals surface area contributed by atoms with Crippen LogP contribution in [0, 0.1) is 18.8 Å². The Bertz CT molecular complexity index is 621. The molecule has 6 nitrogen and oxygen atoms in total. The van der Waals surface area contributed by atoms with E-state index in [1.807, 2.05) is 12.3 Å². The van der Waals surface area contributed by atoms with E-state index in [0.29, 0.717) is 13.0 Å². The number of unbranched alkanes of at least 4 members (excludes halogenated alkanes) is 1. The molecular weight excluding hydrogens is 359 g/mol. The van der Waals surface area contributed by atoms with Crippen LogP contribution < -0.4 is 5.32 Å². The molecule has 2 atom stereocenters. The zero-order chi connectivity index (χ0) is 18.6. The van der Waals surface area contributed by atoms with E-state index in [0.717, 1.165) is 28.4 Å². The molecule has 2 amide bonds. The number of hydrogen-bond donors (Lipinski definition) is 2. The van der Waals surface area contributed by atoms with Gasteiger partial charge in [0.15, 0.2) is 0 Å². The number of hydrogen-bond acceptors (Lipinski definition) is 4. The maximum Gasteiger partial charge on any atom is 0.394 e. The van der Waals surface area contributed by atoms with Gasteiger partial charge >= 0.3 is 18.2 Å². The number of aliphatic carboxylic acids is 1. The number of rotatable bonds is 6. The number of carboxylic acids is 1. The Kier molecular flexibility index (Phi) is 6.26. The number of alkyl halides is 3. The van der Waals surface area contributed by atoms with Crippen LogP contribution in [0.15, 0.2) is 5.38 Å². The first-order valence-corrected chi connectivity index (χ1v) is 8.79. The normalized spacial score (nSPS) is 20.7. The van der Waals surface area contributed by atoms with Gasteiger partial charge in [-0.15, -0.1) is 11.3 Å². The van der Waals surface area contributed by atoms with E-state index < -0.39 is 43.1 Å². The molecule has 1 aromatic heterocycles. The molecule has 1 saturated heterocycles. The van der Waals surface area contributed by atoms with Gasteiger partial charge in [-0.05, 0) is 26.2 Å². The van der Waals surface area contributed by atoms with E-state index in [2.05, 4.69) is 10.3 Å². The van der Waals surface area contributed by atoms with Gasteiger partial charge in [-0.25, -0.2) is 9.78 Å². The molecule has 0 aliphatic carbocycles. The number of carbonyl (C=O) groups excluding carboxylic acids is 1. The van der Waals surface area contributed by atoms with Gasteiger partial charge in [0.2, 0.25) is 0 Å². The third kappa shape index (κ3) is 5.32. The molecule has 2 heterocycles. The number of likely N-dealkylation sites (tertiary alicyclic amines) is 1. The predicted molar refractivity (Wildman–Crippen MR) is 85.4 cm³/mol. The van der Waals surface area contributed by atoms with Gasteiger partial charge in [-0.2, -0.15) is 13.2 Å². The summed E-state index contributed by atoms with van der Waals surface area (Å²) in [5.74, 6) is -5.17. The second kappa shape index (κ2) is 8.03. The van der Waals surface area contributed by atoms with Crippen molar-refractivity contribution in [3.05, 3.63) is 16.1 Å². The van der Waals surface area contributed by atoms with Crippen molar-refractivity contribution in [2.24, 2.45) is 11.8 Å². The van der Waals surface area contributed by atoms with Crippen LogP contribution in [0.2, 0.25) is 0 Å². The molecule has 0 saturated carbocycles. The van der Waals surface area contributed by atoms with E-state index in [1.165, 1.54) is 0 Å². The summed E-state index contributed by atoms with van der Waals surface area (Å²) in [5.41, 5.74) is 0.967. The van der Waals surface area contributed by atoms with Crippen LogP contribution in [0.4, 0.5) is 18.0 Å². The Morgan fingerprint density at radius 2 is 2.12 bits per heavy atom. The van der Waals surface area contributed by atoms with Crippen LogP contribution in [-0.4, -0.2) is 52.8 Å². The lowest BCUT2D eigenvalue weighted by molar-refractivity contribution is -0.187. The van der Waals surface area contributed by atoms with E-state index in [9.17, 15) is 22.8 Å². The molecule has 1 aliphatic heterocycles. The Morgan fingerprint density at radius 1 is 1.40 bits per heavy atom. The van der Waals surface area contributed by atoms with Crippen molar-refractivity contribution in [2.45, 2.75) is 32.4 Å². The molecule has 2 rings (SSSR count). The number of nitrogens with one attached hydrogen (secondary N) is 1. The maximum atomic E-state index is 12.9. The summed E-state index contributed by atoms with van der Waals surface area (Å²) in [5, 5.41) is 14.5. The van der Waals surface area contributed by atoms with Crippen LogP contribution in [0.3, 0.4) is 0 Å². The Morgan fingerprint density at radius 3 is 2.64 bits per heavy atom. The highest BCUT2D eigenvalue weighted by Crippen LogP contribution is 2.37. The highest BCUT2D eigenvalue weighted by atomic mass is 32.1. The van der Waals surface area contributed by atoms with Crippen LogP contribution in [0.1, 0.15) is 23.5 Å². The zero-order valence-corrected chi connectivity index (χ0v) is 14.5. The number of aryl methyl sites for hydroxylation is 2. The second-order valence-electron chi connectivity index (χ2n) is 6.07. The number of carboxylic acid groups (broad SMARTS) is 1. The Balaban J connectivity index is 1.74. The summed E-state index contributed by atoms with van der Waals surface area (Å²) in [6.45, 7) is 1.19. The highest BCUT2D eigenvalue weighted by Gasteiger charge is 2.53. The van der Waals surface area contributed by atoms with Gasteiger partial charge in [0.1, 0.15) is 0 Å². The minimum absolute atomic E-state index is 0.327. The van der Waals surface area contributed by atoms with E-state index >= 15 is 0 Å². The third-order valence-electron chi connectivity index (χ3n) is 4.10. The lowest BCUT2D eigenvalue weighted by Crippen LogP contribution is -2.40. The van der Waals surface area contributed by atoms with Gasteiger partial charge in [0.05, 0.1) is 16.8 Å². The van der Waals surface area contributed by atoms with E-state index in [-0.39, 0.29) is 0 Å². The smallest absolute Gasteiger partial charge is 0.394 e. The number of aromatic nitrogens is 1. The molecule has 10 heteroatoms. The zero-order valence-electron chi connectivity index (χ0n) is 13.7. The maximum absolute atomic E-state index is 12.9. The number of urea groups is 1. The minimum atomic E-state index is -4.63. The molecule has 0 unspecified atom stereocenters. The number of nitrogens with zero attached hydrogens (tertiary/aromatic N) is 2. The molecule has 0 radical (unpaired) electrons. The molecule has 2 N–H and O–H groups in total. The van der Waals surface area contributed by atoms with Gasteiger partial charge in [0, 0.05) is 30.7 Å². The molecular formula is C15H20F3N3O3S. The highest BCUT2D eigenvalue weighted by molar-refractivity contribution is 7.09. The van der Waals surface area contributed by atoms with Crippen molar-refractivity contribution < 1.29 is 27.9 Å². The second-order valence-corrected chi connectivity index (χ2v) is 7.01. The number of carbonyl (C=O) groups is 2. The Labute approximate surface area is 147 Å². The van der Waals surface area contributed by atoms with Crippen molar-refractivity contribution >= 4 is 23.3 Å². The number of halogens is 3. The summed E-state index contributed by atoms with van der Waals surface area (Å²) in [6, 6.07) is -0.650. The van der Waals surface area contributed by atoms with Gasteiger partial charge in [-0.1, -0.05) is 0 Å². The molecule has 1 aliphatic rings. The molecule has 1 aromatic rings. The van der Waals surface area contributed by atoms with Crippen LogP contribution >= 0.6 is 11.3 Å². The SMILES string of the molecule is Cc1csc(CCCCNC(=O)N2C[C@@H](C(F)(F)F)[C@H](C(=O)O)C2)n1. The van der Waals surface area contributed by atoms with Crippen LogP contribution in [0.25, 0.3) is 0 Å². The summed E-state index contributed by atoms with van der Waals surface area (Å²) in [6.07, 6.45) is -2.38.